The molecule has 0 N–H and O–H groups in total. The number of benzene rings is 1. The predicted molar refractivity (Wildman–Crippen MR) is 75.5 cm³/mol. The lowest BCUT2D eigenvalue weighted by Gasteiger charge is -2.43. The maximum absolute atomic E-state index is 12.0. The molecule has 1 saturated carbocycles. The molecular formula is C17H20O2. The van der Waals surface area contributed by atoms with Gasteiger partial charge >= 0.3 is 0 Å². The van der Waals surface area contributed by atoms with Gasteiger partial charge in [0.15, 0.2) is 0 Å². The lowest BCUT2D eigenvalue weighted by atomic mass is 9.60. The molecule has 19 heavy (non-hydrogen) atoms. The van der Waals surface area contributed by atoms with Crippen molar-refractivity contribution >= 4 is 5.78 Å². The van der Waals surface area contributed by atoms with Gasteiger partial charge in [0, 0.05) is 17.8 Å². The Bertz CT molecular complexity index is 571. The van der Waals surface area contributed by atoms with E-state index >= 15 is 0 Å². The first-order valence-corrected chi connectivity index (χ1v) is 6.97. The second kappa shape index (κ2) is 4.22. The number of ether oxygens (including phenoxy) is 1. The monoisotopic (exact) mass is 256 g/mol. The van der Waals surface area contributed by atoms with Crippen molar-refractivity contribution in [1.82, 2.24) is 0 Å². The van der Waals surface area contributed by atoms with Crippen LogP contribution >= 0.6 is 0 Å². The fourth-order valence-electron chi connectivity index (χ4n) is 3.67. The van der Waals surface area contributed by atoms with Crippen molar-refractivity contribution in [2.24, 2.45) is 5.92 Å². The van der Waals surface area contributed by atoms with Crippen LogP contribution in [0.2, 0.25) is 0 Å². The summed E-state index contributed by atoms with van der Waals surface area (Å²) in [5.41, 5.74) is 4.04. The summed E-state index contributed by atoms with van der Waals surface area (Å²) in [5.74, 6) is 1.36. The Morgan fingerprint density at radius 2 is 2.16 bits per heavy atom. The fraction of sp³-hybridized carbons (Fsp3) is 0.471. The van der Waals surface area contributed by atoms with Gasteiger partial charge in [0.25, 0.3) is 0 Å². The Morgan fingerprint density at radius 3 is 2.89 bits per heavy atom. The largest absolute Gasteiger partial charge is 0.497 e. The van der Waals surface area contributed by atoms with Crippen molar-refractivity contribution in [3.05, 3.63) is 41.0 Å². The molecule has 1 unspecified atom stereocenters. The van der Waals surface area contributed by atoms with Crippen LogP contribution in [0.15, 0.2) is 29.8 Å². The minimum Gasteiger partial charge on any atom is -0.497 e. The average Bonchev–Trinajstić information content (AvgIpc) is 2.43. The topological polar surface area (TPSA) is 26.3 Å². The third-order valence-corrected chi connectivity index (χ3v) is 4.91. The minimum absolute atomic E-state index is 0.00937. The smallest absolute Gasteiger partial charge is 0.139 e. The molecule has 1 aromatic rings. The zero-order chi connectivity index (χ0) is 13.6. The van der Waals surface area contributed by atoms with Gasteiger partial charge in [0.05, 0.1) is 7.11 Å². The molecular weight excluding hydrogens is 236 g/mol. The molecule has 2 nitrogen and oxygen atoms in total. The van der Waals surface area contributed by atoms with E-state index in [1.807, 2.05) is 6.07 Å². The Kier molecular flexibility index (Phi) is 2.77. The Morgan fingerprint density at radius 1 is 1.37 bits per heavy atom. The lowest BCUT2D eigenvalue weighted by molar-refractivity contribution is -0.123. The second-order valence-corrected chi connectivity index (χ2v) is 5.91. The molecule has 3 rings (SSSR count). The Hall–Kier alpha value is -1.57. The highest BCUT2D eigenvalue weighted by Gasteiger charge is 2.43. The first-order chi connectivity index (χ1) is 9.06. The number of ketones is 1. The SMILES string of the molecule is COc1ccc2c(c1)[C@]1(C)CCC(=O)C(C)C1=CC2. The van der Waals surface area contributed by atoms with Crippen molar-refractivity contribution in [2.45, 2.75) is 38.5 Å². The highest BCUT2D eigenvalue weighted by molar-refractivity contribution is 5.86. The highest BCUT2D eigenvalue weighted by Crippen LogP contribution is 2.49. The van der Waals surface area contributed by atoms with E-state index in [2.05, 4.69) is 32.1 Å². The summed E-state index contributed by atoms with van der Waals surface area (Å²) >= 11 is 0. The molecule has 1 fully saturated rings. The summed E-state index contributed by atoms with van der Waals surface area (Å²) in [4.78, 5) is 12.0. The van der Waals surface area contributed by atoms with Crippen molar-refractivity contribution in [3.63, 3.8) is 0 Å². The number of fused-ring (bicyclic) bond motifs is 3. The van der Waals surface area contributed by atoms with Gasteiger partial charge in [-0.25, -0.2) is 0 Å². The lowest BCUT2D eigenvalue weighted by Crippen LogP contribution is -2.39. The van der Waals surface area contributed by atoms with Gasteiger partial charge in [-0.3, -0.25) is 4.79 Å². The third-order valence-electron chi connectivity index (χ3n) is 4.91. The van der Waals surface area contributed by atoms with Crippen LogP contribution in [0.5, 0.6) is 5.75 Å². The van der Waals surface area contributed by atoms with Gasteiger partial charge < -0.3 is 4.74 Å². The van der Waals surface area contributed by atoms with E-state index in [0.717, 1.165) is 18.6 Å². The number of carbonyl (C=O) groups excluding carboxylic acids is 1. The quantitative estimate of drug-likeness (QED) is 0.719. The number of carbonyl (C=O) groups is 1. The van der Waals surface area contributed by atoms with E-state index in [4.69, 9.17) is 4.74 Å². The molecule has 100 valence electrons. The fourth-order valence-corrected chi connectivity index (χ4v) is 3.67. The van der Waals surface area contributed by atoms with Crippen molar-refractivity contribution in [2.75, 3.05) is 7.11 Å². The number of rotatable bonds is 1. The van der Waals surface area contributed by atoms with Crippen molar-refractivity contribution in [1.29, 1.82) is 0 Å². The summed E-state index contributed by atoms with van der Waals surface area (Å²) in [5, 5.41) is 0. The molecule has 0 aromatic heterocycles. The van der Waals surface area contributed by atoms with Crippen molar-refractivity contribution in [3.8, 4) is 5.75 Å². The van der Waals surface area contributed by atoms with E-state index in [-0.39, 0.29) is 11.3 Å². The highest BCUT2D eigenvalue weighted by atomic mass is 16.5. The van der Waals surface area contributed by atoms with Crippen LogP contribution in [0.4, 0.5) is 0 Å². The first kappa shape index (κ1) is 12.5. The zero-order valence-corrected chi connectivity index (χ0v) is 11.8. The van der Waals surface area contributed by atoms with E-state index in [9.17, 15) is 4.79 Å². The molecule has 2 heteroatoms. The Balaban J connectivity index is 2.13. The van der Waals surface area contributed by atoms with Gasteiger partial charge in [-0.15, -0.1) is 0 Å². The number of hydrogen-bond acceptors (Lipinski definition) is 2. The number of Topliss-reactive ketones (excluding diaryl/α,β-unsaturated/α-hetero) is 1. The molecule has 0 radical (unpaired) electrons. The van der Waals surface area contributed by atoms with E-state index in [1.165, 1.54) is 16.7 Å². The maximum atomic E-state index is 12.0. The zero-order valence-electron chi connectivity index (χ0n) is 11.8. The van der Waals surface area contributed by atoms with Gasteiger partial charge in [-0.05, 0) is 36.1 Å². The molecule has 0 spiro atoms. The van der Waals surface area contributed by atoms with Gasteiger partial charge in [0.1, 0.15) is 11.5 Å². The van der Waals surface area contributed by atoms with Crippen molar-refractivity contribution < 1.29 is 9.53 Å². The van der Waals surface area contributed by atoms with Crippen LogP contribution in [0.3, 0.4) is 0 Å². The normalized spacial score (nSPS) is 29.3. The van der Waals surface area contributed by atoms with Gasteiger partial charge in [-0.2, -0.15) is 0 Å². The number of allylic oxidation sites excluding steroid dienone is 2. The second-order valence-electron chi connectivity index (χ2n) is 5.91. The first-order valence-electron chi connectivity index (χ1n) is 6.97. The van der Waals surface area contributed by atoms with Gasteiger partial charge in [0.2, 0.25) is 0 Å². The standard InChI is InChI=1S/C17H20O2/c1-11-14-7-5-12-4-6-13(19-3)10-15(12)17(14,2)9-8-16(11)18/h4,6-7,10-11H,5,8-9H2,1-3H3/t11?,17-/m1/s1. The molecule has 0 heterocycles. The summed E-state index contributed by atoms with van der Waals surface area (Å²) in [7, 11) is 1.71. The summed E-state index contributed by atoms with van der Waals surface area (Å²) in [6.45, 7) is 4.33. The van der Waals surface area contributed by atoms with Crippen LogP contribution < -0.4 is 4.74 Å². The molecule has 0 amide bonds. The average molecular weight is 256 g/mol. The van der Waals surface area contributed by atoms with E-state index in [0.29, 0.717) is 12.2 Å². The molecule has 0 bridgehead atoms. The number of hydrogen-bond donors (Lipinski definition) is 0. The summed E-state index contributed by atoms with van der Waals surface area (Å²) in [6.07, 6.45) is 4.81. The maximum Gasteiger partial charge on any atom is 0.139 e. The molecule has 2 aliphatic rings. The van der Waals surface area contributed by atoms with E-state index in [1.54, 1.807) is 7.11 Å². The minimum atomic E-state index is 0.00937. The molecule has 2 aliphatic carbocycles. The Labute approximate surface area is 114 Å². The third kappa shape index (κ3) is 1.73. The van der Waals surface area contributed by atoms with Gasteiger partial charge in [-0.1, -0.05) is 31.6 Å². The van der Waals surface area contributed by atoms with Crippen LogP contribution in [-0.4, -0.2) is 12.9 Å². The predicted octanol–water partition coefficient (Wildman–Crippen LogP) is 3.43. The van der Waals surface area contributed by atoms with Crippen LogP contribution in [0.25, 0.3) is 0 Å². The molecule has 1 aromatic carbocycles. The number of methoxy groups -OCH3 is 1. The van der Waals surface area contributed by atoms with Crippen LogP contribution in [-0.2, 0) is 16.6 Å². The van der Waals surface area contributed by atoms with Crippen LogP contribution in [0.1, 0.15) is 37.8 Å². The van der Waals surface area contributed by atoms with Crippen LogP contribution in [0, 0.1) is 5.92 Å². The summed E-state index contributed by atoms with van der Waals surface area (Å²) in [6, 6.07) is 6.34. The summed E-state index contributed by atoms with van der Waals surface area (Å²) < 4.78 is 5.37. The molecule has 0 aliphatic heterocycles. The van der Waals surface area contributed by atoms with E-state index < -0.39 is 0 Å². The molecule has 2 atom stereocenters. The molecule has 0 saturated heterocycles.